The number of hydrazone groups is 1. The number of amides is 2. The zero-order valence-corrected chi connectivity index (χ0v) is 12.5. The van der Waals surface area contributed by atoms with E-state index in [1.807, 2.05) is 5.43 Å². The molecule has 128 valence electrons. The van der Waals surface area contributed by atoms with Crippen LogP contribution >= 0.6 is 0 Å². The molecule has 0 atom stereocenters. The maximum Gasteiger partial charge on any atom is 0.329 e. The Bertz CT molecular complexity index is 852. The number of carbonyl (C=O) groups is 2. The summed E-state index contributed by atoms with van der Waals surface area (Å²) in [4.78, 5) is 33.2. The molecule has 10 heteroatoms. The van der Waals surface area contributed by atoms with E-state index in [-0.39, 0.29) is 22.7 Å². The van der Waals surface area contributed by atoms with Crippen molar-refractivity contribution in [1.82, 2.24) is 5.43 Å². The third-order valence-electron chi connectivity index (χ3n) is 2.90. The third kappa shape index (κ3) is 4.82. The van der Waals surface area contributed by atoms with E-state index in [2.05, 4.69) is 10.4 Å². The first-order valence-electron chi connectivity index (χ1n) is 6.74. The van der Waals surface area contributed by atoms with Gasteiger partial charge in [-0.15, -0.1) is 0 Å². The number of anilines is 1. The molecule has 0 fully saturated rings. The van der Waals surface area contributed by atoms with Crippen molar-refractivity contribution in [3.63, 3.8) is 0 Å². The number of phenols is 1. The highest BCUT2D eigenvalue weighted by Gasteiger charge is 2.13. The molecule has 9 nitrogen and oxygen atoms in total. The summed E-state index contributed by atoms with van der Waals surface area (Å²) in [5.74, 6) is -2.96. The maximum atomic E-state index is 12.7. The van der Waals surface area contributed by atoms with E-state index in [0.717, 1.165) is 36.5 Å². The van der Waals surface area contributed by atoms with E-state index in [4.69, 9.17) is 0 Å². The number of non-ortho nitro benzene ring substituents is 1. The van der Waals surface area contributed by atoms with E-state index in [0.29, 0.717) is 0 Å². The Kier molecular flexibility index (Phi) is 5.36. The van der Waals surface area contributed by atoms with Crippen LogP contribution in [0.1, 0.15) is 5.56 Å². The molecule has 0 saturated heterocycles. The topological polar surface area (TPSA) is 134 Å². The predicted octanol–water partition coefficient (Wildman–Crippen LogP) is 1.53. The minimum absolute atomic E-state index is 0.0200. The second kappa shape index (κ2) is 7.64. The molecule has 0 radical (unpaired) electrons. The molecule has 0 saturated carbocycles. The zero-order valence-electron chi connectivity index (χ0n) is 12.5. The number of carbonyl (C=O) groups excluding carboxylic acids is 2. The highest BCUT2D eigenvalue weighted by molar-refractivity contribution is 6.39. The summed E-state index contributed by atoms with van der Waals surface area (Å²) in [5, 5.41) is 25.9. The van der Waals surface area contributed by atoms with Gasteiger partial charge in [-0.25, -0.2) is 9.82 Å². The zero-order chi connectivity index (χ0) is 18.4. The minimum atomic E-state index is -1.12. The number of nitrogens with one attached hydrogen (secondary N) is 2. The SMILES string of the molecule is O=C(N/N=C\c1cc([N+](=O)[O-])ccc1O)C(=O)Nc1ccc(F)cc1. The molecular formula is C15H11FN4O5. The number of halogens is 1. The van der Waals surface area contributed by atoms with Crippen LogP contribution in [0.3, 0.4) is 0 Å². The lowest BCUT2D eigenvalue weighted by atomic mass is 10.2. The van der Waals surface area contributed by atoms with Crippen LogP contribution in [-0.2, 0) is 9.59 Å². The molecule has 0 aromatic heterocycles. The molecule has 0 heterocycles. The van der Waals surface area contributed by atoms with Crippen molar-refractivity contribution in [3.8, 4) is 5.75 Å². The van der Waals surface area contributed by atoms with Gasteiger partial charge in [0.1, 0.15) is 11.6 Å². The van der Waals surface area contributed by atoms with Gasteiger partial charge in [-0.2, -0.15) is 5.10 Å². The van der Waals surface area contributed by atoms with Gasteiger partial charge in [0.05, 0.1) is 11.1 Å². The number of aromatic hydroxyl groups is 1. The second-order valence-electron chi connectivity index (χ2n) is 4.66. The fourth-order valence-electron chi connectivity index (χ4n) is 1.69. The Balaban J connectivity index is 1.98. The summed E-state index contributed by atoms with van der Waals surface area (Å²) >= 11 is 0. The number of benzene rings is 2. The fraction of sp³-hybridized carbons (Fsp3) is 0. The largest absolute Gasteiger partial charge is 0.507 e. The minimum Gasteiger partial charge on any atom is -0.507 e. The maximum absolute atomic E-state index is 12.7. The van der Waals surface area contributed by atoms with Gasteiger partial charge in [0.2, 0.25) is 0 Å². The van der Waals surface area contributed by atoms with E-state index < -0.39 is 22.6 Å². The number of rotatable bonds is 4. The molecular weight excluding hydrogens is 335 g/mol. The molecule has 0 unspecified atom stereocenters. The normalized spacial score (nSPS) is 10.4. The molecule has 0 aliphatic carbocycles. The number of hydrogen-bond acceptors (Lipinski definition) is 6. The van der Waals surface area contributed by atoms with Gasteiger partial charge in [-0.1, -0.05) is 0 Å². The van der Waals surface area contributed by atoms with Crippen molar-refractivity contribution >= 4 is 29.4 Å². The van der Waals surface area contributed by atoms with Crippen LogP contribution < -0.4 is 10.7 Å². The molecule has 2 aromatic carbocycles. The first kappa shape index (κ1) is 17.5. The van der Waals surface area contributed by atoms with Crippen LogP contribution in [0.5, 0.6) is 5.75 Å². The van der Waals surface area contributed by atoms with Crippen LogP contribution in [0.2, 0.25) is 0 Å². The lowest BCUT2D eigenvalue weighted by Crippen LogP contribution is -2.32. The van der Waals surface area contributed by atoms with Crippen LogP contribution in [-0.4, -0.2) is 28.1 Å². The van der Waals surface area contributed by atoms with E-state index >= 15 is 0 Å². The summed E-state index contributed by atoms with van der Waals surface area (Å²) < 4.78 is 12.7. The molecule has 2 amide bonds. The number of nitro benzene ring substituents is 1. The monoisotopic (exact) mass is 346 g/mol. The summed E-state index contributed by atoms with van der Waals surface area (Å²) in [6, 6.07) is 8.00. The summed E-state index contributed by atoms with van der Waals surface area (Å²) in [6.45, 7) is 0. The first-order valence-corrected chi connectivity index (χ1v) is 6.74. The third-order valence-corrected chi connectivity index (χ3v) is 2.90. The van der Waals surface area contributed by atoms with Crippen molar-refractivity contribution in [2.45, 2.75) is 0 Å². The highest BCUT2D eigenvalue weighted by atomic mass is 19.1. The fourth-order valence-corrected chi connectivity index (χ4v) is 1.69. The van der Waals surface area contributed by atoms with Gasteiger partial charge in [0.15, 0.2) is 0 Å². The highest BCUT2D eigenvalue weighted by Crippen LogP contribution is 2.21. The second-order valence-corrected chi connectivity index (χ2v) is 4.66. The smallest absolute Gasteiger partial charge is 0.329 e. The molecule has 0 bridgehead atoms. The first-order chi connectivity index (χ1) is 11.9. The van der Waals surface area contributed by atoms with E-state index in [1.54, 1.807) is 0 Å². The van der Waals surface area contributed by atoms with Gasteiger partial charge >= 0.3 is 11.8 Å². The molecule has 2 rings (SSSR count). The van der Waals surface area contributed by atoms with Gasteiger partial charge in [0, 0.05) is 23.4 Å². The number of phenolic OH excluding ortho intramolecular Hbond substituents is 1. The van der Waals surface area contributed by atoms with Crippen molar-refractivity contribution < 1.29 is 24.0 Å². The number of nitrogens with zero attached hydrogens (tertiary/aromatic N) is 2. The average molecular weight is 346 g/mol. The standard InChI is InChI=1S/C15H11FN4O5/c16-10-1-3-11(4-2-10)18-14(22)15(23)19-17-8-9-7-12(20(24)25)5-6-13(9)21/h1-8,21H,(H,18,22)(H,19,23)/b17-8-. The van der Waals surface area contributed by atoms with Crippen molar-refractivity contribution in [1.29, 1.82) is 0 Å². The molecule has 2 aromatic rings. The Morgan fingerprint density at radius 2 is 1.84 bits per heavy atom. The predicted molar refractivity (Wildman–Crippen MR) is 85.5 cm³/mol. The van der Waals surface area contributed by atoms with Gasteiger partial charge in [0.25, 0.3) is 5.69 Å². The number of hydrogen-bond donors (Lipinski definition) is 3. The molecule has 25 heavy (non-hydrogen) atoms. The molecule has 3 N–H and O–H groups in total. The molecule has 0 aliphatic heterocycles. The molecule has 0 spiro atoms. The van der Waals surface area contributed by atoms with Crippen LogP contribution in [0.15, 0.2) is 47.6 Å². The quantitative estimate of drug-likeness (QED) is 0.334. The summed E-state index contributed by atoms with van der Waals surface area (Å²) in [6.07, 6.45) is 0.950. The van der Waals surface area contributed by atoms with Gasteiger partial charge in [-0.3, -0.25) is 19.7 Å². The van der Waals surface area contributed by atoms with E-state index in [9.17, 15) is 29.2 Å². The van der Waals surface area contributed by atoms with Crippen LogP contribution in [0.4, 0.5) is 15.8 Å². The Hall–Kier alpha value is -3.82. The summed E-state index contributed by atoms with van der Waals surface area (Å²) in [5.41, 5.74) is 1.81. The Morgan fingerprint density at radius 1 is 1.16 bits per heavy atom. The van der Waals surface area contributed by atoms with Crippen molar-refractivity contribution in [2.75, 3.05) is 5.32 Å². The van der Waals surface area contributed by atoms with Crippen LogP contribution in [0, 0.1) is 15.9 Å². The van der Waals surface area contributed by atoms with Crippen molar-refractivity contribution in [3.05, 3.63) is 64.0 Å². The molecule has 0 aliphatic rings. The summed E-state index contributed by atoms with van der Waals surface area (Å²) in [7, 11) is 0. The lowest BCUT2D eigenvalue weighted by molar-refractivity contribution is -0.384. The van der Waals surface area contributed by atoms with E-state index in [1.165, 1.54) is 12.1 Å². The average Bonchev–Trinajstić information content (AvgIpc) is 2.58. The Morgan fingerprint density at radius 3 is 2.48 bits per heavy atom. The van der Waals surface area contributed by atoms with Crippen LogP contribution in [0.25, 0.3) is 0 Å². The number of nitro groups is 1. The lowest BCUT2D eigenvalue weighted by Gasteiger charge is -2.03. The van der Waals surface area contributed by atoms with Gasteiger partial charge < -0.3 is 10.4 Å². The Labute approximate surface area is 139 Å². The van der Waals surface area contributed by atoms with Crippen molar-refractivity contribution in [2.24, 2.45) is 5.10 Å². The van der Waals surface area contributed by atoms with Gasteiger partial charge in [-0.05, 0) is 30.3 Å².